The number of fused-ring (bicyclic) bond motifs is 1. The SMILES string of the molecule is COc1ccc([N+](=O)[O-])cc1NC(=O)C(C)Sc1nc2ccccc2c(=O)n1CCCOC(C)C. The molecule has 10 nitrogen and oxygen atoms in total. The normalized spacial score (nSPS) is 12.0. The first-order chi connectivity index (χ1) is 16.7. The molecule has 0 saturated heterocycles. The number of methoxy groups -OCH3 is 1. The first-order valence-electron chi connectivity index (χ1n) is 11.1. The Morgan fingerprint density at radius 2 is 1.97 bits per heavy atom. The molecule has 11 heteroatoms. The van der Waals surface area contributed by atoms with Crippen molar-refractivity contribution < 1.29 is 19.2 Å². The van der Waals surface area contributed by atoms with E-state index in [1.165, 1.54) is 25.3 Å². The van der Waals surface area contributed by atoms with Crippen LogP contribution in [-0.2, 0) is 16.1 Å². The number of nitro benzene ring substituents is 1. The Bertz CT molecular complexity index is 1280. The summed E-state index contributed by atoms with van der Waals surface area (Å²) in [4.78, 5) is 41.4. The number of nitrogens with one attached hydrogen (secondary N) is 1. The minimum Gasteiger partial charge on any atom is -0.495 e. The van der Waals surface area contributed by atoms with E-state index in [-0.39, 0.29) is 23.0 Å². The summed E-state index contributed by atoms with van der Waals surface area (Å²) in [6, 6.07) is 11.0. The van der Waals surface area contributed by atoms with Crippen molar-refractivity contribution in [3.05, 3.63) is 62.9 Å². The lowest BCUT2D eigenvalue weighted by Gasteiger charge is -2.17. The van der Waals surface area contributed by atoms with Gasteiger partial charge in [0.15, 0.2) is 5.16 Å². The summed E-state index contributed by atoms with van der Waals surface area (Å²) in [5.74, 6) is -0.113. The average Bonchev–Trinajstić information content (AvgIpc) is 2.83. The molecule has 1 aromatic heterocycles. The zero-order chi connectivity index (χ0) is 25.5. The number of carbonyl (C=O) groups excluding carboxylic acids is 1. The molecule has 0 fully saturated rings. The van der Waals surface area contributed by atoms with Gasteiger partial charge in [0.25, 0.3) is 11.2 Å². The highest BCUT2D eigenvalue weighted by Gasteiger charge is 2.22. The van der Waals surface area contributed by atoms with Crippen LogP contribution in [0.1, 0.15) is 27.2 Å². The topological polar surface area (TPSA) is 126 Å². The summed E-state index contributed by atoms with van der Waals surface area (Å²) in [7, 11) is 1.41. The molecule has 1 N–H and O–H groups in total. The van der Waals surface area contributed by atoms with Crippen molar-refractivity contribution in [3.8, 4) is 5.75 Å². The number of aromatic nitrogens is 2. The van der Waals surface area contributed by atoms with Crippen molar-refractivity contribution >= 4 is 39.9 Å². The molecule has 186 valence electrons. The highest BCUT2D eigenvalue weighted by Crippen LogP contribution is 2.30. The maximum Gasteiger partial charge on any atom is 0.271 e. The Kier molecular flexibility index (Phi) is 8.83. The number of thioether (sulfide) groups is 1. The standard InChI is InChI=1S/C24H28N4O6S/c1-15(2)34-13-7-12-27-23(30)18-8-5-6-9-19(18)26-24(27)35-16(3)22(29)25-20-14-17(28(31)32)10-11-21(20)33-4/h5-6,8-11,14-16H,7,12-13H2,1-4H3,(H,25,29). The zero-order valence-corrected chi connectivity index (χ0v) is 20.8. The number of carbonyl (C=O) groups is 1. The first-order valence-corrected chi connectivity index (χ1v) is 12.0. The molecule has 1 unspecified atom stereocenters. The van der Waals surface area contributed by atoms with Crippen LogP contribution in [-0.4, -0.2) is 45.5 Å². The fourth-order valence-electron chi connectivity index (χ4n) is 3.33. The summed E-state index contributed by atoms with van der Waals surface area (Å²) < 4.78 is 12.4. The second-order valence-corrected chi connectivity index (χ2v) is 9.34. The number of nitrogens with zero attached hydrogens (tertiary/aromatic N) is 3. The lowest BCUT2D eigenvalue weighted by Crippen LogP contribution is -2.27. The third kappa shape index (κ3) is 6.58. The van der Waals surface area contributed by atoms with E-state index in [9.17, 15) is 19.7 Å². The highest BCUT2D eigenvalue weighted by molar-refractivity contribution is 8.00. The molecular formula is C24H28N4O6S. The van der Waals surface area contributed by atoms with Gasteiger partial charge < -0.3 is 14.8 Å². The summed E-state index contributed by atoms with van der Waals surface area (Å²) in [5, 5.41) is 14.1. The molecular weight excluding hydrogens is 472 g/mol. The summed E-state index contributed by atoms with van der Waals surface area (Å²) >= 11 is 1.14. The van der Waals surface area contributed by atoms with E-state index >= 15 is 0 Å². The van der Waals surface area contributed by atoms with Gasteiger partial charge in [0.2, 0.25) is 5.91 Å². The van der Waals surface area contributed by atoms with E-state index in [1.54, 1.807) is 35.8 Å². The Morgan fingerprint density at radius 1 is 1.23 bits per heavy atom. The van der Waals surface area contributed by atoms with Gasteiger partial charge in [-0.2, -0.15) is 0 Å². The molecule has 0 aliphatic heterocycles. The van der Waals surface area contributed by atoms with Crippen molar-refractivity contribution in [2.45, 2.75) is 50.2 Å². The van der Waals surface area contributed by atoms with Crippen LogP contribution in [0.25, 0.3) is 10.9 Å². The molecule has 1 amide bonds. The number of anilines is 1. The van der Waals surface area contributed by atoms with Crippen LogP contribution in [0.2, 0.25) is 0 Å². The second kappa shape index (κ2) is 11.8. The summed E-state index contributed by atoms with van der Waals surface area (Å²) in [6.45, 7) is 6.45. The molecule has 0 radical (unpaired) electrons. The van der Waals surface area contributed by atoms with E-state index in [0.717, 1.165) is 11.8 Å². The zero-order valence-electron chi connectivity index (χ0n) is 20.0. The number of hydrogen-bond donors (Lipinski definition) is 1. The number of amides is 1. The number of hydrogen-bond acceptors (Lipinski definition) is 8. The van der Waals surface area contributed by atoms with Gasteiger partial charge in [-0.15, -0.1) is 0 Å². The van der Waals surface area contributed by atoms with Gasteiger partial charge in [0.1, 0.15) is 5.75 Å². The molecule has 1 atom stereocenters. The smallest absolute Gasteiger partial charge is 0.271 e. The summed E-state index contributed by atoms with van der Waals surface area (Å²) in [6.07, 6.45) is 0.696. The largest absolute Gasteiger partial charge is 0.495 e. The Hall–Kier alpha value is -3.44. The maximum absolute atomic E-state index is 13.2. The van der Waals surface area contributed by atoms with Gasteiger partial charge in [-0.25, -0.2) is 4.98 Å². The van der Waals surface area contributed by atoms with Gasteiger partial charge in [-0.1, -0.05) is 23.9 Å². The van der Waals surface area contributed by atoms with Crippen LogP contribution in [0.4, 0.5) is 11.4 Å². The van der Waals surface area contributed by atoms with Crippen LogP contribution in [0.15, 0.2) is 52.4 Å². The second-order valence-electron chi connectivity index (χ2n) is 8.03. The van der Waals surface area contributed by atoms with Gasteiger partial charge in [-0.05, 0) is 45.4 Å². The highest BCUT2D eigenvalue weighted by atomic mass is 32.2. The molecule has 0 aliphatic rings. The molecule has 2 aromatic carbocycles. The Balaban J connectivity index is 1.85. The monoisotopic (exact) mass is 500 g/mol. The van der Waals surface area contributed by atoms with Gasteiger partial charge >= 0.3 is 0 Å². The minimum absolute atomic E-state index is 0.0878. The van der Waals surface area contributed by atoms with Crippen molar-refractivity contribution in [3.63, 3.8) is 0 Å². The maximum atomic E-state index is 13.2. The number of para-hydroxylation sites is 1. The first kappa shape index (κ1) is 26.2. The number of nitro groups is 1. The van der Waals surface area contributed by atoms with Crippen LogP contribution >= 0.6 is 11.8 Å². The molecule has 0 bridgehead atoms. The van der Waals surface area contributed by atoms with Gasteiger partial charge in [-0.3, -0.25) is 24.3 Å². The third-order valence-electron chi connectivity index (χ3n) is 5.11. The molecule has 0 spiro atoms. The quantitative estimate of drug-likeness (QED) is 0.136. The van der Waals surface area contributed by atoms with E-state index in [1.807, 2.05) is 13.8 Å². The molecule has 0 aliphatic carbocycles. The van der Waals surface area contributed by atoms with Gasteiger partial charge in [0.05, 0.1) is 40.0 Å². The Morgan fingerprint density at radius 3 is 2.66 bits per heavy atom. The fraction of sp³-hybridized carbons (Fsp3) is 0.375. The Labute approximate surface area is 206 Å². The van der Waals surface area contributed by atoms with Crippen LogP contribution in [0, 0.1) is 10.1 Å². The lowest BCUT2D eigenvalue weighted by atomic mass is 10.2. The molecule has 1 heterocycles. The molecule has 0 saturated carbocycles. The number of benzene rings is 2. The van der Waals surface area contributed by atoms with Gasteiger partial charge in [0, 0.05) is 25.3 Å². The summed E-state index contributed by atoms with van der Waals surface area (Å²) in [5.41, 5.74) is 0.377. The third-order valence-corrected chi connectivity index (χ3v) is 6.20. The number of ether oxygens (including phenoxy) is 2. The minimum atomic E-state index is -0.662. The van der Waals surface area contributed by atoms with Crippen molar-refractivity contribution in [2.75, 3.05) is 19.0 Å². The molecule has 3 rings (SSSR count). The van der Waals surface area contributed by atoms with Crippen molar-refractivity contribution in [2.24, 2.45) is 0 Å². The molecule has 35 heavy (non-hydrogen) atoms. The average molecular weight is 501 g/mol. The lowest BCUT2D eigenvalue weighted by molar-refractivity contribution is -0.384. The van der Waals surface area contributed by atoms with Crippen LogP contribution < -0.4 is 15.6 Å². The molecule has 3 aromatic rings. The number of non-ortho nitro benzene ring substituents is 1. The number of rotatable bonds is 11. The van der Waals surface area contributed by atoms with Crippen LogP contribution in [0.3, 0.4) is 0 Å². The predicted molar refractivity (Wildman–Crippen MR) is 135 cm³/mol. The van der Waals surface area contributed by atoms with E-state index in [2.05, 4.69) is 10.3 Å². The predicted octanol–water partition coefficient (Wildman–Crippen LogP) is 4.25. The van der Waals surface area contributed by atoms with Crippen molar-refractivity contribution in [1.29, 1.82) is 0 Å². The van der Waals surface area contributed by atoms with E-state index in [0.29, 0.717) is 41.4 Å². The van der Waals surface area contributed by atoms with E-state index < -0.39 is 16.1 Å². The fourth-order valence-corrected chi connectivity index (χ4v) is 4.26. The van der Waals surface area contributed by atoms with Crippen LogP contribution in [0.5, 0.6) is 5.75 Å². The van der Waals surface area contributed by atoms with E-state index in [4.69, 9.17) is 9.47 Å². The van der Waals surface area contributed by atoms with Crippen molar-refractivity contribution in [1.82, 2.24) is 9.55 Å².